The summed E-state index contributed by atoms with van der Waals surface area (Å²) in [5.41, 5.74) is -0.146. The Morgan fingerprint density at radius 1 is 1.25 bits per heavy atom. The SMILES string of the molecule is CC(NC(C)C1CCC1)C(=O)NC(C)(C)C. The predicted molar refractivity (Wildman–Crippen MR) is 67.3 cm³/mol. The molecular weight excluding hydrogens is 200 g/mol. The molecule has 1 rings (SSSR count). The Balaban J connectivity index is 2.33. The summed E-state index contributed by atoms with van der Waals surface area (Å²) in [6, 6.07) is 0.351. The number of nitrogens with one attached hydrogen (secondary N) is 2. The smallest absolute Gasteiger partial charge is 0.237 e. The Kier molecular flexibility index (Phi) is 4.36. The minimum atomic E-state index is -0.146. The highest BCUT2D eigenvalue weighted by Crippen LogP contribution is 2.29. The molecule has 0 aromatic carbocycles. The molecule has 2 N–H and O–H groups in total. The molecular formula is C13H26N2O. The van der Waals surface area contributed by atoms with Crippen molar-refractivity contribution in [3.63, 3.8) is 0 Å². The number of rotatable bonds is 4. The highest BCUT2D eigenvalue weighted by molar-refractivity contribution is 5.81. The third-order valence-electron chi connectivity index (χ3n) is 3.26. The molecule has 0 radical (unpaired) electrons. The quantitative estimate of drug-likeness (QED) is 0.770. The summed E-state index contributed by atoms with van der Waals surface area (Å²) in [5.74, 6) is 0.864. The molecule has 0 spiro atoms. The van der Waals surface area contributed by atoms with Crippen molar-refractivity contribution in [2.24, 2.45) is 5.92 Å². The Morgan fingerprint density at radius 2 is 1.81 bits per heavy atom. The van der Waals surface area contributed by atoms with E-state index >= 15 is 0 Å². The van der Waals surface area contributed by atoms with Gasteiger partial charge in [0.25, 0.3) is 0 Å². The summed E-state index contributed by atoms with van der Waals surface area (Å²) in [5, 5.41) is 6.39. The first-order valence-electron chi connectivity index (χ1n) is 6.37. The molecule has 1 saturated carbocycles. The standard InChI is InChI=1S/C13H26N2O/c1-9(11-7-6-8-11)14-10(2)12(16)15-13(3,4)5/h9-11,14H,6-8H2,1-5H3,(H,15,16). The maximum atomic E-state index is 11.8. The van der Waals surface area contributed by atoms with Gasteiger partial charge in [-0.2, -0.15) is 0 Å². The summed E-state index contributed by atoms with van der Waals surface area (Å²) in [4.78, 5) is 11.8. The van der Waals surface area contributed by atoms with Crippen LogP contribution in [0.15, 0.2) is 0 Å². The van der Waals surface area contributed by atoms with Crippen LogP contribution in [0.2, 0.25) is 0 Å². The van der Waals surface area contributed by atoms with Gasteiger partial charge in [-0.3, -0.25) is 4.79 Å². The van der Waals surface area contributed by atoms with Crippen LogP contribution in [0.4, 0.5) is 0 Å². The van der Waals surface area contributed by atoms with E-state index in [1.807, 2.05) is 27.7 Å². The van der Waals surface area contributed by atoms with Gasteiger partial charge in [0.05, 0.1) is 6.04 Å². The van der Waals surface area contributed by atoms with Gasteiger partial charge in [0.2, 0.25) is 5.91 Å². The van der Waals surface area contributed by atoms with E-state index in [0.717, 1.165) is 5.92 Å². The van der Waals surface area contributed by atoms with Crippen molar-refractivity contribution >= 4 is 5.91 Å². The summed E-state index contributed by atoms with van der Waals surface area (Å²) >= 11 is 0. The molecule has 0 aromatic rings. The molecule has 0 aliphatic heterocycles. The van der Waals surface area contributed by atoms with Crippen molar-refractivity contribution in [3.05, 3.63) is 0 Å². The van der Waals surface area contributed by atoms with Crippen LogP contribution in [0.25, 0.3) is 0 Å². The summed E-state index contributed by atoms with van der Waals surface area (Å²) in [7, 11) is 0. The van der Waals surface area contributed by atoms with Gasteiger partial charge in [0.1, 0.15) is 0 Å². The lowest BCUT2D eigenvalue weighted by atomic mass is 9.80. The molecule has 1 aliphatic rings. The van der Waals surface area contributed by atoms with Crippen LogP contribution in [0.5, 0.6) is 0 Å². The van der Waals surface area contributed by atoms with Gasteiger partial charge in [0, 0.05) is 11.6 Å². The van der Waals surface area contributed by atoms with Crippen molar-refractivity contribution in [1.82, 2.24) is 10.6 Å². The first-order valence-corrected chi connectivity index (χ1v) is 6.37. The maximum absolute atomic E-state index is 11.8. The molecule has 3 nitrogen and oxygen atoms in total. The maximum Gasteiger partial charge on any atom is 0.237 e. The number of hydrogen-bond acceptors (Lipinski definition) is 2. The molecule has 1 amide bonds. The van der Waals surface area contributed by atoms with Crippen molar-refractivity contribution in [2.45, 2.75) is 71.5 Å². The Morgan fingerprint density at radius 3 is 2.19 bits per heavy atom. The van der Waals surface area contributed by atoms with Crippen LogP contribution in [0.1, 0.15) is 53.9 Å². The fourth-order valence-corrected chi connectivity index (χ4v) is 2.02. The van der Waals surface area contributed by atoms with Crippen LogP contribution in [0.3, 0.4) is 0 Å². The molecule has 2 atom stereocenters. The minimum absolute atomic E-state index is 0.0960. The van der Waals surface area contributed by atoms with Gasteiger partial charge in [-0.25, -0.2) is 0 Å². The normalized spacial score (nSPS) is 21.1. The highest BCUT2D eigenvalue weighted by atomic mass is 16.2. The van der Waals surface area contributed by atoms with Crippen molar-refractivity contribution in [3.8, 4) is 0 Å². The van der Waals surface area contributed by atoms with Gasteiger partial charge < -0.3 is 10.6 Å². The van der Waals surface area contributed by atoms with Gasteiger partial charge in [-0.05, 0) is 53.4 Å². The zero-order valence-corrected chi connectivity index (χ0v) is 11.3. The Hall–Kier alpha value is -0.570. The second-order valence-electron chi connectivity index (χ2n) is 6.11. The van der Waals surface area contributed by atoms with Crippen molar-refractivity contribution in [1.29, 1.82) is 0 Å². The Labute approximate surface area is 99.4 Å². The summed E-state index contributed by atoms with van der Waals surface area (Å²) in [6.07, 6.45) is 3.96. The zero-order chi connectivity index (χ0) is 12.3. The molecule has 94 valence electrons. The van der Waals surface area contributed by atoms with Crippen LogP contribution >= 0.6 is 0 Å². The molecule has 0 aromatic heterocycles. The van der Waals surface area contributed by atoms with Crippen LogP contribution in [-0.2, 0) is 4.79 Å². The fourth-order valence-electron chi connectivity index (χ4n) is 2.02. The van der Waals surface area contributed by atoms with Crippen molar-refractivity contribution in [2.75, 3.05) is 0 Å². The molecule has 0 heterocycles. The summed E-state index contributed by atoms with van der Waals surface area (Å²) in [6.45, 7) is 10.1. The molecule has 2 unspecified atom stereocenters. The van der Waals surface area contributed by atoms with Gasteiger partial charge in [-0.1, -0.05) is 6.42 Å². The molecule has 1 aliphatic carbocycles. The fraction of sp³-hybridized carbons (Fsp3) is 0.923. The van der Waals surface area contributed by atoms with E-state index in [-0.39, 0.29) is 17.5 Å². The first kappa shape index (κ1) is 13.5. The molecule has 3 heteroatoms. The minimum Gasteiger partial charge on any atom is -0.350 e. The first-order chi connectivity index (χ1) is 7.29. The van der Waals surface area contributed by atoms with E-state index in [9.17, 15) is 4.79 Å². The summed E-state index contributed by atoms with van der Waals surface area (Å²) < 4.78 is 0. The average molecular weight is 226 g/mol. The molecule has 16 heavy (non-hydrogen) atoms. The second-order valence-corrected chi connectivity index (χ2v) is 6.11. The number of amides is 1. The lowest BCUT2D eigenvalue weighted by Crippen LogP contribution is -2.53. The topological polar surface area (TPSA) is 41.1 Å². The molecule has 0 saturated heterocycles. The average Bonchev–Trinajstić information content (AvgIpc) is 1.96. The van der Waals surface area contributed by atoms with E-state index in [4.69, 9.17) is 0 Å². The van der Waals surface area contributed by atoms with Crippen LogP contribution < -0.4 is 10.6 Å². The van der Waals surface area contributed by atoms with E-state index in [2.05, 4.69) is 17.6 Å². The lowest BCUT2D eigenvalue weighted by Gasteiger charge is -2.34. The van der Waals surface area contributed by atoms with E-state index in [0.29, 0.717) is 6.04 Å². The highest BCUT2D eigenvalue weighted by Gasteiger charge is 2.27. The van der Waals surface area contributed by atoms with Gasteiger partial charge in [0.15, 0.2) is 0 Å². The van der Waals surface area contributed by atoms with Crippen molar-refractivity contribution < 1.29 is 4.79 Å². The third-order valence-corrected chi connectivity index (χ3v) is 3.26. The molecule has 0 bridgehead atoms. The lowest BCUT2D eigenvalue weighted by molar-refractivity contribution is -0.124. The molecule has 1 fully saturated rings. The van der Waals surface area contributed by atoms with E-state index < -0.39 is 0 Å². The van der Waals surface area contributed by atoms with Gasteiger partial charge in [-0.15, -0.1) is 0 Å². The van der Waals surface area contributed by atoms with E-state index in [1.165, 1.54) is 19.3 Å². The largest absolute Gasteiger partial charge is 0.350 e. The number of hydrogen-bond donors (Lipinski definition) is 2. The monoisotopic (exact) mass is 226 g/mol. The van der Waals surface area contributed by atoms with Crippen LogP contribution in [0, 0.1) is 5.92 Å². The van der Waals surface area contributed by atoms with Crippen LogP contribution in [-0.4, -0.2) is 23.5 Å². The second kappa shape index (κ2) is 5.17. The number of carbonyl (C=O) groups is 1. The number of carbonyl (C=O) groups excluding carboxylic acids is 1. The third kappa shape index (κ3) is 4.12. The predicted octanol–water partition coefficient (Wildman–Crippen LogP) is 2.07. The van der Waals surface area contributed by atoms with Gasteiger partial charge >= 0.3 is 0 Å². The zero-order valence-electron chi connectivity index (χ0n) is 11.3. The Bertz CT molecular complexity index is 241. The van der Waals surface area contributed by atoms with E-state index in [1.54, 1.807) is 0 Å².